The normalized spacial score (nSPS) is 16.6. The van der Waals surface area contributed by atoms with E-state index in [1.54, 1.807) is 37.5 Å². The van der Waals surface area contributed by atoms with E-state index >= 15 is 0 Å². The number of pyridine rings is 2. The molecule has 0 bridgehead atoms. The maximum Gasteiger partial charge on any atom is 0.363 e. The SMILES string of the molecule is CN(C)C(=O)c1cc2cnc(Nc3ccc(N4CCN(CCC#N)CC4)cn3)nc2n1C1CCCC1.N#CCCN1CCN(c2ccc([N+](=O)[O-])nc2)CC1. The van der Waals surface area contributed by atoms with Crippen molar-refractivity contribution in [2.45, 2.75) is 44.6 Å². The van der Waals surface area contributed by atoms with Gasteiger partial charge in [-0.2, -0.15) is 15.5 Å². The molecule has 2 saturated heterocycles. The third kappa shape index (κ3) is 9.80. The van der Waals surface area contributed by atoms with Gasteiger partial charge >= 0.3 is 5.82 Å². The van der Waals surface area contributed by atoms with Crippen LogP contribution in [0.5, 0.6) is 0 Å². The number of nitro groups is 1. The lowest BCUT2D eigenvalue weighted by molar-refractivity contribution is -0.389. The maximum absolute atomic E-state index is 12.9. The van der Waals surface area contributed by atoms with Gasteiger partial charge in [0.15, 0.2) is 6.20 Å². The lowest BCUT2D eigenvalue weighted by Crippen LogP contribution is -2.46. The van der Waals surface area contributed by atoms with Crippen LogP contribution in [-0.2, 0) is 0 Å². The number of anilines is 4. The van der Waals surface area contributed by atoms with Crippen molar-refractivity contribution in [3.05, 3.63) is 64.7 Å². The molecule has 7 rings (SSSR count). The molecule has 3 aliphatic rings. The van der Waals surface area contributed by atoms with Crippen LogP contribution in [0.1, 0.15) is 55.1 Å². The van der Waals surface area contributed by atoms with E-state index in [9.17, 15) is 14.9 Å². The van der Waals surface area contributed by atoms with Crippen molar-refractivity contribution < 1.29 is 9.72 Å². The molecular weight excluding hydrogens is 701 g/mol. The van der Waals surface area contributed by atoms with Crippen molar-refractivity contribution in [1.29, 1.82) is 10.5 Å². The van der Waals surface area contributed by atoms with E-state index in [1.807, 2.05) is 18.3 Å². The number of nitrogens with zero attached hydrogens (tertiary/aromatic N) is 13. The van der Waals surface area contributed by atoms with Crippen molar-refractivity contribution >= 4 is 45.9 Å². The van der Waals surface area contributed by atoms with Crippen LogP contribution in [0.4, 0.5) is 29.0 Å². The average Bonchev–Trinajstić information content (AvgIpc) is 3.88. The molecule has 55 heavy (non-hydrogen) atoms. The Labute approximate surface area is 320 Å². The van der Waals surface area contributed by atoms with Crippen LogP contribution in [0.3, 0.4) is 0 Å². The zero-order chi connectivity index (χ0) is 38.7. The van der Waals surface area contributed by atoms with Gasteiger partial charge in [0.05, 0.1) is 29.7 Å². The zero-order valence-corrected chi connectivity index (χ0v) is 31.5. The number of piperazine rings is 2. The van der Waals surface area contributed by atoms with E-state index in [1.165, 1.54) is 18.9 Å². The van der Waals surface area contributed by atoms with Crippen LogP contribution in [0, 0.1) is 32.8 Å². The highest BCUT2D eigenvalue weighted by molar-refractivity contribution is 5.98. The summed E-state index contributed by atoms with van der Waals surface area (Å²) in [4.78, 5) is 51.3. The molecule has 4 aromatic heterocycles. The van der Waals surface area contributed by atoms with E-state index in [0.29, 0.717) is 30.3 Å². The second-order valence-corrected chi connectivity index (χ2v) is 14.1. The zero-order valence-electron chi connectivity index (χ0n) is 31.5. The molecule has 4 aromatic rings. The Morgan fingerprint density at radius 2 is 1.44 bits per heavy atom. The van der Waals surface area contributed by atoms with E-state index in [4.69, 9.17) is 15.5 Å². The number of nitriles is 2. The molecule has 1 N–H and O–H groups in total. The highest BCUT2D eigenvalue weighted by Crippen LogP contribution is 2.35. The molecule has 3 fully saturated rings. The smallest absolute Gasteiger partial charge is 0.363 e. The van der Waals surface area contributed by atoms with Gasteiger partial charge < -0.3 is 34.7 Å². The minimum Gasteiger partial charge on any atom is -0.368 e. The van der Waals surface area contributed by atoms with E-state index in [2.05, 4.69) is 62.6 Å². The number of nitrogens with one attached hydrogen (secondary N) is 1. The molecule has 0 unspecified atom stereocenters. The standard InChI is InChI=1S/C26H33N9O.C12H15N5O2/c1-32(2)25(36)22-16-19-17-29-26(31-24(19)35(22)20-6-3-4-7-20)30-23-9-8-21(18-28-23)34-14-12-33(13-15-34)11-5-10-27;13-4-1-5-15-6-8-16(9-7-15)11-2-3-12(14-10-11)17(18)19/h8-9,16-18,20H,3-7,11-15H2,1-2H3,(H,28,29,30,31);2-3,10H,1,5-9H2. The molecule has 0 spiro atoms. The quantitative estimate of drug-likeness (QED) is 0.167. The monoisotopic (exact) mass is 748 g/mol. The Bertz CT molecular complexity index is 1980. The number of hydrogen-bond donors (Lipinski definition) is 1. The fourth-order valence-corrected chi connectivity index (χ4v) is 7.30. The minimum atomic E-state index is -0.496. The van der Waals surface area contributed by atoms with Crippen molar-refractivity contribution in [1.82, 2.24) is 39.2 Å². The van der Waals surface area contributed by atoms with Crippen molar-refractivity contribution in [3.8, 4) is 12.1 Å². The fraction of sp³-hybridized carbons (Fsp3) is 0.500. The molecule has 0 aromatic carbocycles. The summed E-state index contributed by atoms with van der Waals surface area (Å²) in [5.41, 5.74) is 3.45. The molecule has 0 atom stereocenters. The second kappa shape index (κ2) is 18.4. The van der Waals surface area contributed by atoms with E-state index in [0.717, 1.165) is 101 Å². The molecule has 1 aliphatic carbocycles. The predicted molar refractivity (Wildman–Crippen MR) is 209 cm³/mol. The average molecular weight is 749 g/mol. The van der Waals surface area contributed by atoms with Crippen LogP contribution in [0.2, 0.25) is 0 Å². The van der Waals surface area contributed by atoms with Crippen LogP contribution < -0.4 is 15.1 Å². The summed E-state index contributed by atoms with van der Waals surface area (Å²) in [7, 11) is 3.56. The summed E-state index contributed by atoms with van der Waals surface area (Å²) < 4.78 is 2.12. The predicted octanol–water partition coefficient (Wildman–Crippen LogP) is 4.45. The van der Waals surface area contributed by atoms with Crippen LogP contribution in [0.15, 0.2) is 48.9 Å². The third-order valence-electron chi connectivity index (χ3n) is 10.4. The summed E-state index contributed by atoms with van der Waals surface area (Å²) in [5.74, 6) is 0.998. The summed E-state index contributed by atoms with van der Waals surface area (Å²) in [6.45, 7) is 8.90. The van der Waals surface area contributed by atoms with Gasteiger partial charge in [-0.1, -0.05) is 12.8 Å². The number of hydrogen-bond acceptors (Lipinski definition) is 14. The number of carbonyl (C=O) groups excluding carboxylic acids is 1. The molecule has 17 heteroatoms. The second-order valence-electron chi connectivity index (χ2n) is 14.1. The Morgan fingerprint density at radius 3 is 1.93 bits per heavy atom. The molecule has 17 nitrogen and oxygen atoms in total. The van der Waals surface area contributed by atoms with Crippen molar-refractivity contribution in [3.63, 3.8) is 0 Å². The Hall–Kier alpha value is -5.91. The molecule has 6 heterocycles. The van der Waals surface area contributed by atoms with Gasteiger partial charge in [0, 0.05) is 116 Å². The lowest BCUT2D eigenvalue weighted by atomic mass is 10.2. The first kappa shape index (κ1) is 38.8. The minimum absolute atomic E-state index is 0.0161. The van der Waals surface area contributed by atoms with Crippen molar-refractivity contribution in [2.24, 2.45) is 0 Å². The van der Waals surface area contributed by atoms with Gasteiger partial charge in [-0.15, -0.1) is 0 Å². The molecule has 0 radical (unpaired) electrons. The summed E-state index contributed by atoms with van der Waals surface area (Å²) >= 11 is 0. The molecule has 1 amide bonds. The van der Waals surface area contributed by atoms with Crippen LogP contribution in [-0.4, -0.2) is 130 Å². The van der Waals surface area contributed by atoms with Gasteiger partial charge in [0.2, 0.25) is 5.95 Å². The lowest BCUT2D eigenvalue weighted by Gasteiger charge is -2.35. The first-order chi connectivity index (χ1) is 26.7. The Kier molecular flexibility index (Phi) is 13.0. The Morgan fingerprint density at radius 1 is 0.855 bits per heavy atom. The first-order valence-corrected chi connectivity index (χ1v) is 18.9. The van der Waals surface area contributed by atoms with E-state index in [-0.39, 0.29) is 17.8 Å². The van der Waals surface area contributed by atoms with Gasteiger partial charge in [0.25, 0.3) is 5.91 Å². The largest absolute Gasteiger partial charge is 0.368 e. The molecule has 2 aliphatic heterocycles. The van der Waals surface area contributed by atoms with Gasteiger partial charge in [0.1, 0.15) is 17.2 Å². The van der Waals surface area contributed by atoms with Crippen LogP contribution in [0.25, 0.3) is 11.0 Å². The number of amides is 1. The highest BCUT2D eigenvalue weighted by atomic mass is 16.6. The Balaban J connectivity index is 0.000000228. The molecular formula is C38H48N14O3. The number of rotatable bonds is 11. The van der Waals surface area contributed by atoms with Gasteiger partial charge in [-0.25, -0.2) is 9.97 Å². The van der Waals surface area contributed by atoms with Gasteiger partial charge in [-0.3, -0.25) is 14.6 Å². The third-order valence-corrected chi connectivity index (χ3v) is 10.4. The summed E-state index contributed by atoms with van der Waals surface area (Å²) in [6.07, 6.45) is 10.8. The highest BCUT2D eigenvalue weighted by Gasteiger charge is 2.27. The van der Waals surface area contributed by atoms with Crippen LogP contribution >= 0.6 is 0 Å². The topological polar surface area (TPSA) is 193 Å². The summed E-state index contributed by atoms with van der Waals surface area (Å²) in [6, 6.07) is 13.7. The van der Waals surface area contributed by atoms with E-state index < -0.39 is 4.92 Å². The number of aromatic nitrogens is 5. The van der Waals surface area contributed by atoms with Gasteiger partial charge in [-0.05, 0) is 47.0 Å². The number of fused-ring (bicyclic) bond motifs is 1. The number of carbonyl (C=O) groups is 1. The first-order valence-electron chi connectivity index (χ1n) is 18.9. The molecule has 288 valence electrons. The fourth-order valence-electron chi connectivity index (χ4n) is 7.30. The molecule has 1 saturated carbocycles. The maximum atomic E-state index is 12.9. The summed E-state index contributed by atoms with van der Waals surface area (Å²) in [5, 5.41) is 32.0. The van der Waals surface area contributed by atoms with Crippen molar-refractivity contribution in [2.75, 3.05) is 94.7 Å².